The molecule has 1 aliphatic carbocycles. The van der Waals surface area contributed by atoms with E-state index in [1.54, 1.807) is 12.2 Å². The highest BCUT2D eigenvalue weighted by atomic mass is 16.6. The molecule has 10 heavy (non-hydrogen) atoms. The van der Waals surface area contributed by atoms with Gasteiger partial charge in [-0.15, -0.1) is 0 Å². The number of nitro groups is 1. The summed E-state index contributed by atoms with van der Waals surface area (Å²) in [4.78, 5) is 9.62. The SMILES string of the molecule is O=[N+]([O-])[C@@H]1C=CC=C[C@H]1O. The molecule has 0 spiro atoms. The summed E-state index contributed by atoms with van der Waals surface area (Å²) < 4.78 is 0. The molecule has 0 radical (unpaired) electrons. The lowest BCUT2D eigenvalue weighted by Crippen LogP contribution is -2.31. The van der Waals surface area contributed by atoms with Crippen LogP contribution in [0.5, 0.6) is 0 Å². The Morgan fingerprint density at radius 2 is 2.00 bits per heavy atom. The summed E-state index contributed by atoms with van der Waals surface area (Å²) in [7, 11) is 0. The molecule has 0 aromatic heterocycles. The third kappa shape index (κ3) is 1.22. The second kappa shape index (κ2) is 2.62. The summed E-state index contributed by atoms with van der Waals surface area (Å²) >= 11 is 0. The molecule has 0 aliphatic heterocycles. The Kier molecular flexibility index (Phi) is 1.82. The first-order valence-corrected chi connectivity index (χ1v) is 2.88. The summed E-state index contributed by atoms with van der Waals surface area (Å²) in [5.74, 6) is 0. The molecule has 1 rings (SSSR count). The summed E-state index contributed by atoms with van der Waals surface area (Å²) in [5, 5.41) is 19.1. The highest BCUT2D eigenvalue weighted by Gasteiger charge is 2.25. The maximum Gasteiger partial charge on any atom is 0.260 e. The highest BCUT2D eigenvalue weighted by molar-refractivity contribution is 5.15. The van der Waals surface area contributed by atoms with E-state index >= 15 is 0 Å². The van der Waals surface area contributed by atoms with Crippen LogP contribution in [0.2, 0.25) is 0 Å². The number of rotatable bonds is 1. The van der Waals surface area contributed by atoms with Crippen LogP contribution in [0.1, 0.15) is 0 Å². The van der Waals surface area contributed by atoms with E-state index in [0.717, 1.165) is 0 Å². The van der Waals surface area contributed by atoms with E-state index in [9.17, 15) is 10.1 Å². The highest BCUT2D eigenvalue weighted by Crippen LogP contribution is 2.06. The van der Waals surface area contributed by atoms with Gasteiger partial charge in [0.25, 0.3) is 6.04 Å². The number of hydrogen-bond donors (Lipinski definition) is 1. The third-order valence-electron chi connectivity index (χ3n) is 1.32. The minimum atomic E-state index is -0.972. The quantitative estimate of drug-likeness (QED) is 0.416. The predicted molar refractivity (Wildman–Crippen MR) is 35.1 cm³/mol. The predicted octanol–water partition coefficient (Wildman–Crippen LogP) is 0.119. The normalized spacial score (nSPS) is 30.5. The third-order valence-corrected chi connectivity index (χ3v) is 1.32. The first-order chi connectivity index (χ1) is 4.72. The van der Waals surface area contributed by atoms with Crippen molar-refractivity contribution in [2.24, 2.45) is 0 Å². The monoisotopic (exact) mass is 141 g/mol. The number of aliphatic hydroxyl groups excluding tert-OH is 1. The van der Waals surface area contributed by atoms with Crippen molar-refractivity contribution in [1.29, 1.82) is 0 Å². The maximum atomic E-state index is 10.1. The van der Waals surface area contributed by atoms with Crippen molar-refractivity contribution in [1.82, 2.24) is 0 Å². The summed E-state index contributed by atoms with van der Waals surface area (Å²) in [6, 6.07) is -0.968. The Bertz CT molecular complexity index is 197. The molecule has 0 unspecified atom stereocenters. The molecule has 0 bridgehead atoms. The molecule has 0 aromatic rings. The van der Waals surface area contributed by atoms with Crippen LogP contribution in [0.15, 0.2) is 24.3 Å². The van der Waals surface area contributed by atoms with Crippen molar-refractivity contribution in [3.05, 3.63) is 34.4 Å². The van der Waals surface area contributed by atoms with Crippen LogP contribution in [0.25, 0.3) is 0 Å². The molecule has 0 amide bonds. The molecule has 0 fully saturated rings. The van der Waals surface area contributed by atoms with E-state index in [1.165, 1.54) is 12.2 Å². The minimum Gasteiger partial charge on any atom is -0.381 e. The van der Waals surface area contributed by atoms with E-state index < -0.39 is 17.1 Å². The van der Waals surface area contributed by atoms with Crippen LogP contribution in [-0.2, 0) is 0 Å². The van der Waals surface area contributed by atoms with Crippen molar-refractivity contribution >= 4 is 0 Å². The first-order valence-electron chi connectivity index (χ1n) is 2.88. The molecule has 4 heteroatoms. The minimum absolute atomic E-state index is 0.509. The van der Waals surface area contributed by atoms with Crippen molar-refractivity contribution in [3.63, 3.8) is 0 Å². The van der Waals surface area contributed by atoms with Gasteiger partial charge in [-0.05, 0) is 12.2 Å². The fourth-order valence-corrected chi connectivity index (χ4v) is 0.779. The molecule has 0 heterocycles. The molecule has 0 saturated heterocycles. The van der Waals surface area contributed by atoms with Crippen molar-refractivity contribution in [3.8, 4) is 0 Å². The van der Waals surface area contributed by atoms with E-state index in [0.29, 0.717) is 0 Å². The lowest BCUT2D eigenvalue weighted by atomic mass is 10.1. The first kappa shape index (κ1) is 6.95. The second-order valence-corrected chi connectivity index (χ2v) is 2.04. The van der Waals surface area contributed by atoms with Gasteiger partial charge >= 0.3 is 0 Å². The molecule has 4 nitrogen and oxygen atoms in total. The lowest BCUT2D eigenvalue weighted by molar-refractivity contribution is -0.518. The Morgan fingerprint density at radius 1 is 1.40 bits per heavy atom. The van der Waals surface area contributed by atoms with Gasteiger partial charge in [0.1, 0.15) is 6.10 Å². The molecular weight excluding hydrogens is 134 g/mol. The van der Waals surface area contributed by atoms with E-state index in [-0.39, 0.29) is 0 Å². The summed E-state index contributed by atoms with van der Waals surface area (Å²) in [6.07, 6.45) is 4.93. The van der Waals surface area contributed by atoms with Crippen LogP contribution in [0.3, 0.4) is 0 Å². The number of aliphatic hydroxyl groups is 1. The van der Waals surface area contributed by atoms with Crippen molar-refractivity contribution < 1.29 is 10.0 Å². The maximum absolute atomic E-state index is 10.1. The second-order valence-electron chi connectivity index (χ2n) is 2.04. The molecule has 54 valence electrons. The number of hydrogen-bond acceptors (Lipinski definition) is 3. The average molecular weight is 141 g/mol. The van der Waals surface area contributed by atoms with Crippen LogP contribution in [0.4, 0.5) is 0 Å². The van der Waals surface area contributed by atoms with Gasteiger partial charge in [-0.25, -0.2) is 0 Å². The van der Waals surface area contributed by atoms with Crippen LogP contribution < -0.4 is 0 Å². The fourth-order valence-electron chi connectivity index (χ4n) is 0.779. The van der Waals surface area contributed by atoms with Gasteiger partial charge < -0.3 is 5.11 Å². The smallest absolute Gasteiger partial charge is 0.260 e. The fraction of sp³-hybridized carbons (Fsp3) is 0.333. The van der Waals surface area contributed by atoms with E-state index in [2.05, 4.69) is 0 Å². The van der Waals surface area contributed by atoms with Crippen molar-refractivity contribution in [2.45, 2.75) is 12.1 Å². The van der Waals surface area contributed by atoms with Gasteiger partial charge in [0.15, 0.2) is 0 Å². The van der Waals surface area contributed by atoms with Crippen LogP contribution >= 0.6 is 0 Å². The van der Waals surface area contributed by atoms with E-state index in [4.69, 9.17) is 5.11 Å². The molecule has 0 aromatic carbocycles. The van der Waals surface area contributed by atoms with Gasteiger partial charge in [-0.2, -0.15) is 0 Å². The Balaban J connectivity index is 2.70. The molecular formula is C6H7NO3. The Labute approximate surface area is 57.6 Å². The van der Waals surface area contributed by atoms with Crippen LogP contribution in [-0.4, -0.2) is 22.2 Å². The Morgan fingerprint density at radius 3 is 2.40 bits per heavy atom. The number of nitrogens with zero attached hydrogens (tertiary/aromatic N) is 1. The number of allylic oxidation sites excluding steroid dienone is 2. The topological polar surface area (TPSA) is 63.4 Å². The zero-order valence-corrected chi connectivity index (χ0v) is 5.18. The summed E-state index contributed by atoms with van der Waals surface area (Å²) in [6.45, 7) is 0. The van der Waals surface area contributed by atoms with Crippen LogP contribution in [0, 0.1) is 10.1 Å². The van der Waals surface area contributed by atoms with E-state index in [1.807, 2.05) is 0 Å². The summed E-state index contributed by atoms with van der Waals surface area (Å²) in [5.41, 5.74) is 0. The lowest BCUT2D eigenvalue weighted by Gasteiger charge is -2.10. The molecule has 0 saturated carbocycles. The average Bonchev–Trinajstić information content (AvgIpc) is 1.88. The van der Waals surface area contributed by atoms with Gasteiger partial charge in [-0.3, -0.25) is 10.1 Å². The molecule has 1 aliphatic rings. The molecule has 2 atom stereocenters. The standard InChI is InChI=1S/C6H7NO3/c8-6-4-2-1-3-5(6)7(9)10/h1-6,8H/t5-,6-/m1/s1. The zero-order chi connectivity index (χ0) is 7.56. The van der Waals surface area contributed by atoms with Crippen molar-refractivity contribution in [2.75, 3.05) is 0 Å². The largest absolute Gasteiger partial charge is 0.381 e. The zero-order valence-electron chi connectivity index (χ0n) is 5.18. The molecule has 1 N–H and O–H groups in total. The van der Waals surface area contributed by atoms with Gasteiger partial charge in [-0.1, -0.05) is 12.2 Å². The van der Waals surface area contributed by atoms with Gasteiger partial charge in [0.2, 0.25) is 0 Å². The van der Waals surface area contributed by atoms with Gasteiger partial charge in [0.05, 0.1) is 0 Å². The Hall–Kier alpha value is -1.16. The van der Waals surface area contributed by atoms with Gasteiger partial charge in [0, 0.05) is 4.92 Å².